The van der Waals surface area contributed by atoms with Crippen molar-refractivity contribution >= 4 is 37.4 Å². The minimum Gasteiger partial charge on any atom is -0.499 e. The van der Waals surface area contributed by atoms with Crippen LogP contribution in [0.1, 0.15) is 18.1 Å². The van der Waals surface area contributed by atoms with Crippen LogP contribution in [0.15, 0.2) is 18.2 Å². The number of fused-ring (bicyclic) bond motifs is 1. The lowest BCUT2D eigenvalue weighted by atomic mass is 10.1. The van der Waals surface area contributed by atoms with E-state index in [1.54, 1.807) is 0 Å². The maximum absolute atomic E-state index is 9.45. The summed E-state index contributed by atoms with van der Waals surface area (Å²) in [5.74, 6) is 0. The molecular weight excluding hydrogens is 260 g/mol. The smallest absolute Gasteiger partial charge is 0.172 e. The van der Waals surface area contributed by atoms with E-state index >= 15 is 0 Å². The van der Waals surface area contributed by atoms with Crippen LogP contribution in [0.5, 0.6) is 5.06 Å². The van der Waals surface area contributed by atoms with Gasteiger partial charge < -0.3 is 5.11 Å². The second kappa shape index (κ2) is 3.91. The van der Waals surface area contributed by atoms with E-state index in [0.29, 0.717) is 5.06 Å². The van der Waals surface area contributed by atoms with Crippen molar-refractivity contribution in [3.63, 3.8) is 0 Å². The minimum atomic E-state index is 0.404. The molecule has 3 heteroatoms. The molecule has 1 heterocycles. The van der Waals surface area contributed by atoms with Crippen molar-refractivity contribution in [3.05, 3.63) is 29.3 Å². The predicted octanol–water partition coefficient (Wildman–Crippen LogP) is 4.06. The molecular formula is C11H11BrOS. The molecule has 2 aromatic rings. The van der Waals surface area contributed by atoms with Gasteiger partial charge in [-0.05, 0) is 35.1 Å². The highest BCUT2D eigenvalue weighted by Gasteiger charge is 2.06. The molecule has 0 bridgehead atoms. The summed E-state index contributed by atoms with van der Waals surface area (Å²) in [6.07, 6.45) is 1.01. The largest absolute Gasteiger partial charge is 0.499 e. The van der Waals surface area contributed by atoms with Crippen molar-refractivity contribution < 1.29 is 5.11 Å². The molecule has 0 aliphatic carbocycles. The van der Waals surface area contributed by atoms with Crippen LogP contribution >= 0.6 is 27.3 Å². The van der Waals surface area contributed by atoms with Gasteiger partial charge in [0.15, 0.2) is 5.06 Å². The highest BCUT2D eigenvalue weighted by atomic mass is 79.9. The number of aryl methyl sites for hydroxylation is 1. The van der Waals surface area contributed by atoms with Gasteiger partial charge in [-0.1, -0.05) is 40.3 Å². The number of hydrogen-bond acceptors (Lipinski definition) is 2. The zero-order valence-electron chi connectivity index (χ0n) is 7.88. The van der Waals surface area contributed by atoms with Crippen LogP contribution in [-0.4, -0.2) is 5.11 Å². The fourth-order valence-electron chi connectivity index (χ4n) is 1.63. The molecule has 0 aliphatic rings. The highest BCUT2D eigenvalue weighted by molar-refractivity contribution is 9.08. The molecule has 0 saturated carbocycles. The molecule has 0 radical (unpaired) electrons. The average molecular weight is 271 g/mol. The van der Waals surface area contributed by atoms with E-state index in [1.807, 2.05) is 6.07 Å². The Morgan fingerprint density at radius 1 is 1.36 bits per heavy atom. The average Bonchev–Trinajstić information content (AvgIpc) is 2.56. The lowest BCUT2D eigenvalue weighted by Crippen LogP contribution is -1.84. The number of halogens is 1. The van der Waals surface area contributed by atoms with Gasteiger partial charge >= 0.3 is 0 Å². The van der Waals surface area contributed by atoms with Gasteiger partial charge in [-0.2, -0.15) is 0 Å². The molecule has 0 unspecified atom stereocenters. The number of hydrogen-bond donors (Lipinski definition) is 1. The van der Waals surface area contributed by atoms with Crippen molar-refractivity contribution in [3.8, 4) is 5.06 Å². The van der Waals surface area contributed by atoms with E-state index in [2.05, 4.69) is 35.0 Å². The van der Waals surface area contributed by atoms with Gasteiger partial charge in [-0.15, -0.1) is 0 Å². The summed E-state index contributed by atoms with van der Waals surface area (Å²) >= 11 is 4.90. The third-order valence-corrected chi connectivity index (χ3v) is 3.84. The molecule has 0 fully saturated rings. The molecule has 0 spiro atoms. The maximum Gasteiger partial charge on any atom is 0.172 e. The normalized spacial score (nSPS) is 11.0. The molecule has 0 amide bonds. The Morgan fingerprint density at radius 3 is 2.79 bits per heavy atom. The van der Waals surface area contributed by atoms with Gasteiger partial charge in [-0.25, -0.2) is 0 Å². The van der Waals surface area contributed by atoms with Crippen LogP contribution in [0.2, 0.25) is 0 Å². The first-order valence-electron chi connectivity index (χ1n) is 4.55. The topological polar surface area (TPSA) is 20.2 Å². The molecule has 0 atom stereocenters. The van der Waals surface area contributed by atoms with Crippen LogP contribution in [0, 0.1) is 0 Å². The molecule has 1 aromatic heterocycles. The molecule has 0 aliphatic heterocycles. The van der Waals surface area contributed by atoms with Crippen LogP contribution < -0.4 is 0 Å². The maximum atomic E-state index is 9.45. The summed E-state index contributed by atoms with van der Waals surface area (Å²) in [6, 6.07) is 6.19. The summed E-state index contributed by atoms with van der Waals surface area (Å²) in [5, 5.41) is 11.9. The van der Waals surface area contributed by atoms with E-state index in [1.165, 1.54) is 32.5 Å². The summed E-state index contributed by atoms with van der Waals surface area (Å²) in [7, 11) is 0. The zero-order chi connectivity index (χ0) is 10.1. The monoisotopic (exact) mass is 270 g/mol. The second-order valence-corrected chi connectivity index (χ2v) is 4.86. The molecule has 1 aromatic carbocycles. The van der Waals surface area contributed by atoms with Gasteiger partial charge in [0.25, 0.3) is 0 Å². The number of benzene rings is 1. The minimum absolute atomic E-state index is 0.404. The Balaban J connectivity index is 2.72. The van der Waals surface area contributed by atoms with Gasteiger partial charge in [0.2, 0.25) is 0 Å². The standard InChI is InChI=1S/C11H11BrOS/c1-2-8-3-7(6-12)4-10-9(8)5-11(13)14-10/h3-5,13H,2,6H2,1H3. The van der Waals surface area contributed by atoms with Crippen molar-refractivity contribution in [2.75, 3.05) is 0 Å². The number of alkyl halides is 1. The Kier molecular flexibility index (Phi) is 2.79. The number of aromatic hydroxyl groups is 1. The Bertz CT molecular complexity index is 462. The summed E-state index contributed by atoms with van der Waals surface area (Å²) in [4.78, 5) is 0. The molecule has 0 saturated heterocycles. The molecule has 74 valence electrons. The van der Waals surface area contributed by atoms with E-state index < -0.39 is 0 Å². The lowest BCUT2D eigenvalue weighted by Gasteiger charge is -2.02. The van der Waals surface area contributed by atoms with Crippen LogP contribution in [-0.2, 0) is 11.8 Å². The molecule has 1 nitrogen and oxygen atoms in total. The second-order valence-electron chi connectivity index (χ2n) is 3.24. The predicted molar refractivity (Wildman–Crippen MR) is 65.5 cm³/mol. The Hall–Kier alpha value is -0.540. The number of thiophene rings is 1. The number of rotatable bonds is 2. The van der Waals surface area contributed by atoms with E-state index in [4.69, 9.17) is 0 Å². The molecule has 2 rings (SSSR count). The first kappa shape index (κ1) is 9.99. The summed E-state index contributed by atoms with van der Waals surface area (Å²) in [5.41, 5.74) is 2.59. The van der Waals surface area contributed by atoms with Crippen molar-refractivity contribution in [2.24, 2.45) is 0 Å². The fourth-order valence-corrected chi connectivity index (χ4v) is 2.87. The first-order chi connectivity index (χ1) is 6.74. The zero-order valence-corrected chi connectivity index (χ0v) is 10.3. The quantitative estimate of drug-likeness (QED) is 0.816. The SMILES string of the molecule is CCc1cc(CBr)cc2sc(O)cc12. The van der Waals surface area contributed by atoms with Crippen LogP contribution in [0.4, 0.5) is 0 Å². The first-order valence-corrected chi connectivity index (χ1v) is 6.48. The third kappa shape index (κ3) is 1.66. The summed E-state index contributed by atoms with van der Waals surface area (Å²) < 4.78 is 1.18. The third-order valence-electron chi connectivity index (χ3n) is 2.31. The van der Waals surface area contributed by atoms with Gasteiger partial charge in [0.05, 0.1) is 0 Å². The van der Waals surface area contributed by atoms with Gasteiger partial charge in [0, 0.05) is 10.0 Å². The van der Waals surface area contributed by atoms with Gasteiger partial charge in [0.1, 0.15) is 0 Å². The summed E-state index contributed by atoms with van der Waals surface area (Å²) in [6.45, 7) is 2.14. The Labute approximate surface area is 95.5 Å². The van der Waals surface area contributed by atoms with Crippen LogP contribution in [0.25, 0.3) is 10.1 Å². The van der Waals surface area contributed by atoms with E-state index in [9.17, 15) is 5.11 Å². The lowest BCUT2D eigenvalue weighted by molar-refractivity contribution is 0.491. The van der Waals surface area contributed by atoms with Crippen molar-refractivity contribution in [2.45, 2.75) is 18.7 Å². The van der Waals surface area contributed by atoms with Crippen molar-refractivity contribution in [1.29, 1.82) is 0 Å². The van der Waals surface area contributed by atoms with E-state index in [0.717, 1.165) is 11.8 Å². The van der Waals surface area contributed by atoms with Gasteiger partial charge in [-0.3, -0.25) is 0 Å². The van der Waals surface area contributed by atoms with E-state index in [-0.39, 0.29) is 0 Å². The molecule has 14 heavy (non-hydrogen) atoms. The highest BCUT2D eigenvalue weighted by Crippen LogP contribution is 2.34. The molecule has 1 N–H and O–H groups in total. The van der Waals surface area contributed by atoms with Crippen molar-refractivity contribution in [1.82, 2.24) is 0 Å². The fraction of sp³-hybridized carbons (Fsp3) is 0.273. The van der Waals surface area contributed by atoms with Crippen LogP contribution in [0.3, 0.4) is 0 Å². The Morgan fingerprint density at radius 2 is 2.14 bits per heavy atom.